The molecule has 17 heavy (non-hydrogen) atoms. The van der Waals surface area contributed by atoms with Crippen LogP contribution in [-0.4, -0.2) is 10.9 Å². The van der Waals surface area contributed by atoms with Gasteiger partial charge in [-0.3, -0.25) is 4.79 Å². The summed E-state index contributed by atoms with van der Waals surface area (Å²) in [6.07, 6.45) is 1.55. The number of thiophene rings is 1. The van der Waals surface area contributed by atoms with E-state index in [1.165, 1.54) is 0 Å². The molecule has 1 N–H and O–H groups in total. The lowest BCUT2D eigenvalue weighted by molar-refractivity contribution is 0.0951. The fourth-order valence-corrected chi connectivity index (χ4v) is 2.85. The number of aromatic nitrogens is 1. The zero-order valence-corrected chi connectivity index (χ0v) is 12.6. The molecule has 1 amide bonds. The number of carbonyl (C=O) groups excluding carboxylic acids is 1. The van der Waals surface area contributed by atoms with Gasteiger partial charge in [0.2, 0.25) is 0 Å². The van der Waals surface area contributed by atoms with Crippen molar-refractivity contribution in [2.75, 3.05) is 0 Å². The second-order valence-electron chi connectivity index (χ2n) is 3.28. The van der Waals surface area contributed by atoms with Crippen LogP contribution in [0, 0.1) is 0 Å². The molecule has 0 unspecified atom stereocenters. The molecule has 0 saturated carbocycles. The first-order valence-corrected chi connectivity index (χ1v) is 7.24. The first-order chi connectivity index (χ1) is 8.15. The van der Waals surface area contributed by atoms with Crippen molar-refractivity contribution < 1.29 is 4.79 Å². The average molecular weight is 376 g/mol. The number of amides is 1. The maximum absolute atomic E-state index is 11.8. The van der Waals surface area contributed by atoms with Crippen LogP contribution in [0.15, 0.2) is 38.9 Å². The highest BCUT2D eigenvalue weighted by molar-refractivity contribution is 9.10. The number of nitrogens with one attached hydrogen (secondary N) is 1. The van der Waals surface area contributed by atoms with Crippen LogP contribution in [0.3, 0.4) is 0 Å². The molecule has 2 rings (SSSR count). The summed E-state index contributed by atoms with van der Waals surface area (Å²) >= 11 is 8.21. The summed E-state index contributed by atoms with van der Waals surface area (Å²) in [5, 5.41) is 4.83. The molecule has 0 radical (unpaired) electrons. The Hall–Kier alpha value is -0.720. The number of halogens is 2. The van der Waals surface area contributed by atoms with Crippen molar-refractivity contribution in [3.8, 4) is 0 Å². The zero-order chi connectivity index (χ0) is 12.3. The largest absolute Gasteiger partial charge is 0.347 e. The third kappa shape index (κ3) is 3.62. The van der Waals surface area contributed by atoms with Crippen LogP contribution in [0.5, 0.6) is 0 Å². The zero-order valence-electron chi connectivity index (χ0n) is 8.61. The Morgan fingerprint density at radius 2 is 2.24 bits per heavy atom. The van der Waals surface area contributed by atoms with Gasteiger partial charge in [0.25, 0.3) is 5.91 Å². The summed E-state index contributed by atoms with van der Waals surface area (Å²) < 4.78 is 1.76. The second-order valence-corrected chi connectivity index (χ2v) is 6.01. The van der Waals surface area contributed by atoms with Crippen LogP contribution < -0.4 is 5.32 Å². The number of nitrogens with zero attached hydrogens (tertiary/aromatic N) is 1. The Labute approximate surface area is 120 Å². The van der Waals surface area contributed by atoms with E-state index >= 15 is 0 Å². The standard InChI is InChI=1S/C11H8Br2N2OS/c12-8-3-9(17-6-8)5-15-11(16)7-1-2-10(13)14-4-7/h1-4,6H,5H2,(H,15,16). The van der Waals surface area contributed by atoms with Gasteiger partial charge in [0.1, 0.15) is 4.60 Å². The molecular weight excluding hydrogens is 368 g/mol. The summed E-state index contributed by atoms with van der Waals surface area (Å²) in [4.78, 5) is 16.9. The summed E-state index contributed by atoms with van der Waals surface area (Å²) in [6.45, 7) is 0.533. The summed E-state index contributed by atoms with van der Waals surface area (Å²) in [7, 11) is 0. The van der Waals surface area contributed by atoms with Crippen molar-refractivity contribution in [1.29, 1.82) is 0 Å². The fourth-order valence-electron chi connectivity index (χ4n) is 1.23. The first kappa shape index (κ1) is 12.7. The molecule has 0 aliphatic rings. The maximum Gasteiger partial charge on any atom is 0.253 e. The van der Waals surface area contributed by atoms with E-state index in [2.05, 4.69) is 42.2 Å². The topological polar surface area (TPSA) is 42.0 Å². The van der Waals surface area contributed by atoms with Crippen LogP contribution >= 0.6 is 43.2 Å². The maximum atomic E-state index is 11.8. The Kier molecular flexibility index (Phi) is 4.31. The van der Waals surface area contributed by atoms with E-state index in [1.54, 1.807) is 29.7 Å². The Balaban J connectivity index is 1.95. The van der Waals surface area contributed by atoms with Gasteiger partial charge in [0, 0.05) is 20.9 Å². The van der Waals surface area contributed by atoms with E-state index in [0.717, 1.165) is 14.0 Å². The van der Waals surface area contributed by atoms with Gasteiger partial charge in [0.05, 0.1) is 12.1 Å². The molecule has 2 aromatic heterocycles. The quantitative estimate of drug-likeness (QED) is 0.832. The van der Waals surface area contributed by atoms with Gasteiger partial charge in [-0.05, 0) is 50.1 Å². The third-order valence-electron chi connectivity index (χ3n) is 2.03. The lowest BCUT2D eigenvalue weighted by Gasteiger charge is -2.03. The fraction of sp³-hybridized carbons (Fsp3) is 0.0909. The van der Waals surface area contributed by atoms with Gasteiger partial charge in [-0.2, -0.15) is 0 Å². The Morgan fingerprint density at radius 3 is 2.82 bits per heavy atom. The number of hydrogen-bond acceptors (Lipinski definition) is 3. The van der Waals surface area contributed by atoms with E-state index in [-0.39, 0.29) is 5.91 Å². The molecule has 0 bridgehead atoms. The average Bonchev–Trinajstić information content (AvgIpc) is 2.73. The minimum absolute atomic E-state index is 0.116. The predicted molar refractivity (Wildman–Crippen MR) is 75.1 cm³/mol. The molecule has 0 aliphatic heterocycles. The lowest BCUT2D eigenvalue weighted by atomic mass is 10.3. The summed E-state index contributed by atoms with van der Waals surface area (Å²) in [5.41, 5.74) is 0.559. The molecule has 0 fully saturated rings. The molecular formula is C11H8Br2N2OS. The minimum Gasteiger partial charge on any atom is -0.347 e. The van der Waals surface area contributed by atoms with Gasteiger partial charge in [-0.1, -0.05) is 0 Å². The molecule has 0 atom stereocenters. The van der Waals surface area contributed by atoms with Crippen LogP contribution in [0.1, 0.15) is 15.2 Å². The first-order valence-electron chi connectivity index (χ1n) is 4.78. The second kappa shape index (κ2) is 5.75. The molecule has 2 heterocycles. The SMILES string of the molecule is O=C(NCc1cc(Br)cs1)c1ccc(Br)nc1. The Bertz CT molecular complexity index is 525. The molecule has 6 heteroatoms. The number of rotatable bonds is 3. The molecule has 0 aliphatic carbocycles. The highest BCUT2D eigenvalue weighted by Crippen LogP contribution is 2.19. The van der Waals surface area contributed by atoms with E-state index < -0.39 is 0 Å². The molecule has 0 spiro atoms. The third-order valence-corrected chi connectivity index (χ3v) is 4.20. The van der Waals surface area contributed by atoms with Crippen molar-refractivity contribution in [1.82, 2.24) is 10.3 Å². The number of carbonyl (C=O) groups is 1. The van der Waals surface area contributed by atoms with E-state index in [0.29, 0.717) is 12.1 Å². The van der Waals surface area contributed by atoms with Crippen LogP contribution in [0.4, 0.5) is 0 Å². The summed E-state index contributed by atoms with van der Waals surface area (Å²) in [6, 6.07) is 5.47. The van der Waals surface area contributed by atoms with Crippen molar-refractivity contribution in [2.24, 2.45) is 0 Å². The molecule has 0 aromatic carbocycles. The van der Waals surface area contributed by atoms with Crippen LogP contribution in [-0.2, 0) is 6.54 Å². The normalized spacial score (nSPS) is 10.2. The lowest BCUT2D eigenvalue weighted by Crippen LogP contribution is -2.22. The number of hydrogen-bond donors (Lipinski definition) is 1. The van der Waals surface area contributed by atoms with E-state index in [9.17, 15) is 4.79 Å². The minimum atomic E-state index is -0.116. The van der Waals surface area contributed by atoms with E-state index in [4.69, 9.17) is 0 Å². The van der Waals surface area contributed by atoms with E-state index in [1.807, 2.05) is 11.4 Å². The Morgan fingerprint density at radius 1 is 1.41 bits per heavy atom. The molecule has 88 valence electrons. The van der Waals surface area contributed by atoms with Gasteiger partial charge in [-0.15, -0.1) is 11.3 Å². The van der Waals surface area contributed by atoms with Crippen molar-refractivity contribution in [3.05, 3.63) is 49.3 Å². The number of pyridine rings is 1. The van der Waals surface area contributed by atoms with Crippen molar-refractivity contribution in [2.45, 2.75) is 6.54 Å². The van der Waals surface area contributed by atoms with Crippen molar-refractivity contribution in [3.63, 3.8) is 0 Å². The highest BCUT2D eigenvalue weighted by Gasteiger charge is 2.06. The molecule has 3 nitrogen and oxygen atoms in total. The summed E-state index contributed by atoms with van der Waals surface area (Å²) in [5.74, 6) is -0.116. The molecule has 0 saturated heterocycles. The smallest absolute Gasteiger partial charge is 0.253 e. The molecule has 2 aromatic rings. The predicted octanol–water partition coefficient (Wildman–Crippen LogP) is 3.60. The monoisotopic (exact) mass is 374 g/mol. The highest BCUT2D eigenvalue weighted by atomic mass is 79.9. The van der Waals surface area contributed by atoms with Crippen LogP contribution in [0.25, 0.3) is 0 Å². The van der Waals surface area contributed by atoms with Gasteiger partial charge >= 0.3 is 0 Å². The van der Waals surface area contributed by atoms with Crippen LogP contribution in [0.2, 0.25) is 0 Å². The van der Waals surface area contributed by atoms with Gasteiger partial charge in [-0.25, -0.2) is 4.98 Å². The van der Waals surface area contributed by atoms with Gasteiger partial charge in [0.15, 0.2) is 0 Å². The van der Waals surface area contributed by atoms with Crippen molar-refractivity contribution >= 4 is 49.1 Å². The van der Waals surface area contributed by atoms with Gasteiger partial charge < -0.3 is 5.32 Å².